The normalized spacial score (nSPS) is 11.8. The standard InChI is InChI=1S/C12H16N4O2S/c1-10-8-9-16(13-10)12-7-5-4-6-11(12)14-19(17,18)15(2)3/h4-9,14H,1-3H3. The van der Waals surface area contributed by atoms with E-state index < -0.39 is 10.2 Å². The minimum Gasteiger partial charge on any atom is -0.269 e. The van der Waals surface area contributed by atoms with Crippen molar-refractivity contribution in [2.45, 2.75) is 6.92 Å². The van der Waals surface area contributed by atoms with Gasteiger partial charge in [0.05, 0.1) is 17.1 Å². The average molecular weight is 280 g/mol. The predicted octanol–water partition coefficient (Wildman–Crippen LogP) is 1.40. The molecular weight excluding hydrogens is 264 g/mol. The molecule has 0 atom stereocenters. The van der Waals surface area contributed by atoms with Crippen molar-refractivity contribution in [2.75, 3.05) is 18.8 Å². The van der Waals surface area contributed by atoms with Crippen molar-refractivity contribution in [1.29, 1.82) is 0 Å². The van der Waals surface area contributed by atoms with Gasteiger partial charge in [-0.2, -0.15) is 17.8 Å². The molecule has 2 aromatic rings. The van der Waals surface area contributed by atoms with Crippen molar-refractivity contribution in [1.82, 2.24) is 14.1 Å². The fraction of sp³-hybridized carbons (Fsp3) is 0.250. The lowest BCUT2D eigenvalue weighted by Crippen LogP contribution is -2.29. The van der Waals surface area contributed by atoms with Gasteiger partial charge in [0.25, 0.3) is 0 Å². The molecule has 0 amide bonds. The molecule has 1 N–H and O–H groups in total. The van der Waals surface area contributed by atoms with E-state index in [1.54, 1.807) is 29.1 Å². The second kappa shape index (κ2) is 5.02. The lowest BCUT2D eigenvalue weighted by molar-refractivity contribution is 0.527. The SMILES string of the molecule is Cc1ccn(-c2ccccc2NS(=O)(=O)N(C)C)n1. The molecule has 1 heterocycles. The van der Waals surface area contributed by atoms with Gasteiger partial charge in [-0.25, -0.2) is 4.68 Å². The summed E-state index contributed by atoms with van der Waals surface area (Å²) in [6.45, 7) is 1.88. The number of hydrogen-bond acceptors (Lipinski definition) is 3. The van der Waals surface area contributed by atoms with E-state index in [-0.39, 0.29) is 0 Å². The van der Waals surface area contributed by atoms with Crippen LogP contribution in [0.1, 0.15) is 5.69 Å². The third-order valence-electron chi connectivity index (χ3n) is 2.59. The van der Waals surface area contributed by atoms with Crippen LogP contribution < -0.4 is 4.72 Å². The zero-order valence-corrected chi connectivity index (χ0v) is 11.8. The van der Waals surface area contributed by atoms with E-state index in [9.17, 15) is 8.42 Å². The topological polar surface area (TPSA) is 67.2 Å². The molecule has 0 radical (unpaired) electrons. The highest BCUT2D eigenvalue weighted by atomic mass is 32.2. The van der Waals surface area contributed by atoms with Gasteiger partial charge >= 0.3 is 10.2 Å². The molecule has 1 aromatic carbocycles. The fourth-order valence-electron chi connectivity index (χ4n) is 1.54. The van der Waals surface area contributed by atoms with Crippen LogP contribution in [0, 0.1) is 6.92 Å². The summed E-state index contributed by atoms with van der Waals surface area (Å²) in [7, 11) is -0.582. The molecule has 6 nitrogen and oxygen atoms in total. The number of aryl methyl sites for hydroxylation is 1. The number of nitrogens with zero attached hydrogens (tertiary/aromatic N) is 3. The molecule has 0 bridgehead atoms. The number of aromatic nitrogens is 2. The summed E-state index contributed by atoms with van der Waals surface area (Å²) in [6, 6.07) is 8.97. The van der Waals surface area contributed by atoms with Crippen molar-refractivity contribution >= 4 is 15.9 Å². The largest absolute Gasteiger partial charge is 0.301 e. The van der Waals surface area contributed by atoms with Crippen LogP contribution in [0.25, 0.3) is 5.69 Å². The first-order valence-electron chi connectivity index (χ1n) is 5.72. The van der Waals surface area contributed by atoms with Gasteiger partial charge < -0.3 is 0 Å². The highest BCUT2D eigenvalue weighted by molar-refractivity contribution is 7.90. The van der Waals surface area contributed by atoms with Gasteiger partial charge in [-0.05, 0) is 25.1 Å². The minimum atomic E-state index is -3.53. The smallest absolute Gasteiger partial charge is 0.269 e. The second-order valence-electron chi connectivity index (χ2n) is 4.31. The van der Waals surface area contributed by atoms with E-state index in [1.807, 2.05) is 19.1 Å². The Hall–Kier alpha value is -1.86. The summed E-state index contributed by atoms with van der Waals surface area (Å²) in [4.78, 5) is 0. The molecule has 7 heteroatoms. The van der Waals surface area contributed by atoms with Crippen LogP contribution in [0.2, 0.25) is 0 Å². The van der Waals surface area contributed by atoms with Gasteiger partial charge in [0, 0.05) is 20.3 Å². The zero-order chi connectivity index (χ0) is 14.0. The lowest BCUT2D eigenvalue weighted by atomic mass is 10.3. The monoisotopic (exact) mass is 280 g/mol. The van der Waals surface area contributed by atoms with Gasteiger partial charge in [0.15, 0.2) is 0 Å². The highest BCUT2D eigenvalue weighted by Crippen LogP contribution is 2.21. The molecule has 19 heavy (non-hydrogen) atoms. The van der Waals surface area contributed by atoms with E-state index in [1.165, 1.54) is 14.1 Å². The number of benzene rings is 1. The van der Waals surface area contributed by atoms with E-state index in [0.29, 0.717) is 11.4 Å². The van der Waals surface area contributed by atoms with Crippen molar-refractivity contribution in [2.24, 2.45) is 0 Å². The van der Waals surface area contributed by atoms with Crippen molar-refractivity contribution in [3.63, 3.8) is 0 Å². The van der Waals surface area contributed by atoms with Crippen molar-refractivity contribution < 1.29 is 8.42 Å². The van der Waals surface area contributed by atoms with Crippen LogP contribution >= 0.6 is 0 Å². The molecule has 0 fully saturated rings. The molecule has 102 valence electrons. The molecule has 0 aliphatic heterocycles. The van der Waals surface area contributed by atoms with E-state index in [4.69, 9.17) is 0 Å². The van der Waals surface area contributed by atoms with Gasteiger partial charge in [-0.3, -0.25) is 4.72 Å². The van der Waals surface area contributed by atoms with E-state index >= 15 is 0 Å². The van der Waals surface area contributed by atoms with E-state index in [0.717, 1.165) is 10.00 Å². The first-order chi connectivity index (χ1) is 8.90. The first-order valence-corrected chi connectivity index (χ1v) is 7.16. The quantitative estimate of drug-likeness (QED) is 0.920. The highest BCUT2D eigenvalue weighted by Gasteiger charge is 2.15. The lowest BCUT2D eigenvalue weighted by Gasteiger charge is -2.16. The van der Waals surface area contributed by atoms with Crippen LogP contribution in [-0.4, -0.2) is 36.6 Å². The molecule has 2 rings (SSSR count). The summed E-state index contributed by atoms with van der Waals surface area (Å²) in [6.07, 6.45) is 1.79. The summed E-state index contributed by atoms with van der Waals surface area (Å²) in [5, 5.41) is 4.28. The summed E-state index contributed by atoms with van der Waals surface area (Å²) >= 11 is 0. The van der Waals surface area contributed by atoms with Gasteiger partial charge in [-0.1, -0.05) is 12.1 Å². The number of hydrogen-bond donors (Lipinski definition) is 1. The number of para-hydroxylation sites is 2. The molecule has 1 aromatic heterocycles. The molecule has 0 spiro atoms. The minimum absolute atomic E-state index is 0.485. The third-order valence-corrected chi connectivity index (χ3v) is 4.03. The van der Waals surface area contributed by atoms with Crippen LogP contribution in [-0.2, 0) is 10.2 Å². The second-order valence-corrected chi connectivity index (χ2v) is 6.19. The first kappa shape index (κ1) is 13.6. The summed E-state index contributed by atoms with van der Waals surface area (Å²) in [5.41, 5.74) is 2.03. The zero-order valence-electron chi connectivity index (χ0n) is 11.0. The molecule has 0 aliphatic carbocycles. The van der Waals surface area contributed by atoms with Crippen LogP contribution in [0.5, 0.6) is 0 Å². The molecule has 0 unspecified atom stereocenters. The third kappa shape index (κ3) is 2.94. The van der Waals surface area contributed by atoms with Gasteiger partial charge in [0.1, 0.15) is 0 Å². The van der Waals surface area contributed by atoms with Crippen molar-refractivity contribution in [3.8, 4) is 5.69 Å². The average Bonchev–Trinajstić information content (AvgIpc) is 2.76. The number of nitrogens with one attached hydrogen (secondary N) is 1. The van der Waals surface area contributed by atoms with Crippen LogP contribution in [0.15, 0.2) is 36.5 Å². The maximum atomic E-state index is 11.9. The number of rotatable bonds is 4. The Morgan fingerprint density at radius 1 is 1.21 bits per heavy atom. The Labute approximate surface area is 112 Å². The van der Waals surface area contributed by atoms with Crippen LogP contribution in [0.3, 0.4) is 0 Å². The Kier molecular flexibility index (Phi) is 3.59. The fourth-order valence-corrected chi connectivity index (χ4v) is 2.17. The maximum absolute atomic E-state index is 11.9. The summed E-state index contributed by atoms with van der Waals surface area (Å²) in [5.74, 6) is 0. The van der Waals surface area contributed by atoms with Crippen molar-refractivity contribution in [3.05, 3.63) is 42.2 Å². The Morgan fingerprint density at radius 2 is 1.89 bits per heavy atom. The predicted molar refractivity (Wildman–Crippen MR) is 74.5 cm³/mol. The van der Waals surface area contributed by atoms with E-state index in [2.05, 4.69) is 9.82 Å². The van der Waals surface area contributed by atoms with Crippen LogP contribution in [0.4, 0.5) is 5.69 Å². The van der Waals surface area contributed by atoms with Gasteiger partial charge in [0.2, 0.25) is 0 Å². The molecule has 0 saturated carbocycles. The summed E-state index contributed by atoms with van der Waals surface area (Å²) < 4.78 is 29.0. The Balaban J connectivity index is 2.43. The Morgan fingerprint density at radius 3 is 2.47 bits per heavy atom. The van der Waals surface area contributed by atoms with Gasteiger partial charge in [-0.15, -0.1) is 0 Å². The maximum Gasteiger partial charge on any atom is 0.301 e. The molecular formula is C12H16N4O2S. The molecule has 0 aliphatic rings. The molecule has 0 saturated heterocycles. The Bertz CT molecular complexity index is 677. The number of anilines is 1.